The SMILES string of the molecule is C[C@@H]1CN(c2ccccc2NC(=O)NC[C@](C)(O)CN(C)C)C[C@@H](C)O1. The van der Waals surface area contributed by atoms with Crippen molar-refractivity contribution in [2.24, 2.45) is 0 Å². The van der Waals surface area contributed by atoms with E-state index in [1.807, 2.05) is 43.3 Å². The van der Waals surface area contributed by atoms with Crippen molar-refractivity contribution >= 4 is 17.4 Å². The fourth-order valence-electron chi connectivity index (χ4n) is 3.40. The summed E-state index contributed by atoms with van der Waals surface area (Å²) in [5.74, 6) is 0. The van der Waals surface area contributed by atoms with Crippen LogP contribution in [0.25, 0.3) is 0 Å². The Morgan fingerprint density at radius 1 is 1.31 bits per heavy atom. The maximum Gasteiger partial charge on any atom is 0.319 e. The van der Waals surface area contributed by atoms with Crippen molar-refractivity contribution in [1.82, 2.24) is 10.2 Å². The van der Waals surface area contributed by atoms with Crippen molar-refractivity contribution < 1.29 is 14.6 Å². The van der Waals surface area contributed by atoms with Gasteiger partial charge in [-0.15, -0.1) is 0 Å². The van der Waals surface area contributed by atoms with E-state index < -0.39 is 5.60 Å². The van der Waals surface area contributed by atoms with Gasteiger partial charge in [0.15, 0.2) is 0 Å². The molecule has 0 radical (unpaired) electrons. The highest BCUT2D eigenvalue weighted by atomic mass is 16.5. The van der Waals surface area contributed by atoms with Crippen molar-refractivity contribution in [2.45, 2.75) is 38.6 Å². The number of urea groups is 1. The molecule has 1 aromatic rings. The molecular weight excluding hydrogens is 332 g/mol. The summed E-state index contributed by atoms with van der Waals surface area (Å²) in [6, 6.07) is 7.42. The zero-order chi connectivity index (χ0) is 19.3. The number of para-hydroxylation sites is 2. The lowest BCUT2D eigenvalue weighted by molar-refractivity contribution is -0.00517. The first kappa shape index (κ1) is 20.5. The lowest BCUT2D eigenvalue weighted by atomic mass is 10.1. The van der Waals surface area contributed by atoms with Crippen LogP contribution in [0.4, 0.5) is 16.2 Å². The highest BCUT2D eigenvalue weighted by Gasteiger charge is 2.25. The number of carbonyl (C=O) groups is 1. The summed E-state index contributed by atoms with van der Waals surface area (Å²) in [5, 5.41) is 16.0. The molecule has 26 heavy (non-hydrogen) atoms. The Morgan fingerprint density at radius 2 is 1.92 bits per heavy atom. The molecule has 0 aliphatic carbocycles. The van der Waals surface area contributed by atoms with Gasteiger partial charge in [-0.2, -0.15) is 0 Å². The van der Waals surface area contributed by atoms with Crippen LogP contribution in [0, 0.1) is 0 Å². The predicted octanol–water partition coefficient (Wildman–Crippen LogP) is 1.73. The number of morpholine rings is 1. The number of nitrogens with one attached hydrogen (secondary N) is 2. The van der Waals surface area contributed by atoms with Gasteiger partial charge >= 0.3 is 6.03 Å². The topological polar surface area (TPSA) is 77.1 Å². The fraction of sp³-hybridized carbons (Fsp3) is 0.632. The summed E-state index contributed by atoms with van der Waals surface area (Å²) < 4.78 is 5.79. The highest BCUT2D eigenvalue weighted by Crippen LogP contribution is 2.28. The van der Waals surface area contributed by atoms with Gasteiger partial charge in [-0.3, -0.25) is 0 Å². The van der Waals surface area contributed by atoms with E-state index in [1.54, 1.807) is 6.92 Å². The van der Waals surface area contributed by atoms with Gasteiger partial charge in [0, 0.05) is 26.2 Å². The molecule has 0 bridgehead atoms. The quantitative estimate of drug-likeness (QED) is 0.717. The van der Waals surface area contributed by atoms with E-state index in [0.29, 0.717) is 6.54 Å². The fourth-order valence-corrected chi connectivity index (χ4v) is 3.40. The normalized spacial score (nSPS) is 22.8. The Bertz CT molecular complexity index is 596. The second-order valence-corrected chi connectivity index (χ2v) is 7.72. The van der Waals surface area contributed by atoms with Crippen LogP contribution in [-0.2, 0) is 4.74 Å². The van der Waals surface area contributed by atoms with Crippen molar-refractivity contribution in [1.29, 1.82) is 0 Å². The predicted molar refractivity (Wildman–Crippen MR) is 105 cm³/mol. The molecule has 0 spiro atoms. The first-order chi connectivity index (χ1) is 12.2. The number of hydrogen-bond donors (Lipinski definition) is 3. The minimum absolute atomic E-state index is 0.141. The van der Waals surface area contributed by atoms with Gasteiger partial charge in [0.25, 0.3) is 0 Å². The Kier molecular flexibility index (Phi) is 6.86. The molecule has 0 aromatic heterocycles. The molecule has 0 unspecified atom stereocenters. The summed E-state index contributed by atoms with van der Waals surface area (Å²) in [6.45, 7) is 8.01. The van der Waals surface area contributed by atoms with Gasteiger partial charge in [-0.05, 0) is 47.0 Å². The molecule has 2 amide bonds. The molecule has 0 saturated carbocycles. The number of anilines is 2. The standard InChI is InChI=1S/C19H32N4O3/c1-14-10-23(11-15(2)26-14)17-9-7-6-8-16(17)21-18(24)20-12-19(3,25)13-22(4)5/h6-9,14-15,25H,10-13H2,1-5H3,(H2,20,21,24)/t14-,15-,19+/m1/s1. The largest absolute Gasteiger partial charge is 0.387 e. The van der Waals surface area contributed by atoms with E-state index in [9.17, 15) is 9.90 Å². The van der Waals surface area contributed by atoms with Gasteiger partial charge in [0.05, 0.1) is 29.2 Å². The van der Waals surface area contributed by atoms with Gasteiger partial charge in [-0.1, -0.05) is 12.1 Å². The Morgan fingerprint density at radius 3 is 2.54 bits per heavy atom. The van der Waals surface area contributed by atoms with Gasteiger partial charge in [-0.25, -0.2) is 4.79 Å². The third-order valence-corrected chi connectivity index (χ3v) is 4.20. The lowest BCUT2D eigenvalue weighted by Gasteiger charge is -2.37. The average Bonchev–Trinajstić information content (AvgIpc) is 2.51. The van der Waals surface area contributed by atoms with Crippen molar-refractivity contribution in [2.75, 3.05) is 50.5 Å². The molecule has 1 aliphatic heterocycles. The number of rotatable bonds is 6. The van der Waals surface area contributed by atoms with Crippen LogP contribution in [0.1, 0.15) is 20.8 Å². The number of likely N-dealkylation sites (N-methyl/N-ethyl adjacent to an activating group) is 1. The Labute approximate surface area is 156 Å². The molecule has 1 heterocycles. The van der Waals surface area contributed by atoms with Crippen LogP contribution in [0.2, 0.25) is 0 Å². The third kappa shape index (κ3) is 6.16. The number of aliphatic hydroxyl groups is 1. The van der Waals surface area contributed by atoms with Gasteiger partial charge in [0.2, 0.25) is 0 Å². The second kappa shape index (κ2) is 8.70. The summed E-state index contributed by atoms with van der Waals surface area (Å²) in [5.41, 5.74) is 0.735. The monoisotopic (exact) mass is 364 g/mol. The van der Waals surface area contributed by atoms with Gasteiger partial charge < -0.3 is 30.3 Å². The molecule has 3 N–H and O–H groups in total. The zero-order valence-corrected chi connectivity index (χ0v) is 16.5. The molecule has 1 aromatic carbocycles. The van der Waals surface area contributed by atoms with Crippen LogP contribution in [-0.4, -0.2) is 74.1 Å². The zero-order valence-electron chi connectivity index (χ0n) is 16.5. The molecule has 2 rings (SSSR count). The molecule has 146 valence electrons. The lowest BCUT2D eigenvalue weighted by Crippen LogP contribution is -2.48. The van der Waals surface area contributed by atoms with E-state index >= 15 is 0 Å². The molecule has 1 aliphatic rings. The third-order valence-electron chi connectivity index (χ3n) is 4.20. The molecule has 1 fully saturated rings. The van der Waals surface area contributed by atoms with Gasteiger partial charge in [0.1, 0.15) is 0 Å². The van der Waals surface area contributed by atoms with Crippen molar-refractivity contribution in [3.05, 3.63) is 24.3 Å². The number of amides is 2. The van der Waals surface area contributed by atoms with Crippen LogP contribution in [0.3, 0.4) is 0 Å². The number of nitrogens with zero attached hydrogens (tertiary/aromatic N) is 2. The molecule has 7 nitrogen and oxygen atoms in total. The van der Waals surface area contributed by atoms with E-state index in [0.717, 1.165) is 24.5 Å². The maximum absolute atomic E-state index is 12.3. The number of benzene rings is 1. The van der Waals surface area contributed by atoms with E-state index in [4.69, 9.17) is 4.74 Å². The summed E-state index contributed by atoms with van der Waals surface area (Å²) >= 11 is 0. The molecule has 3 atom stereocenters. The summed E-state index contributed by atoms with van der Waals surface area (Å²) in [4.78, 5) is 16.4. The number of ether oxygens (including phenoxy) is 1. The smallest absolute Gasteiger partial charge is 0.319 e. The minimum Gasteiger partial charge on any atom is -0.387 e. The van der Waals surface area contributed by atoms with Crippen LogP contribution >= 0.6 is 0 Å². The van der Waals surface area contributed by atoms with Crippen LogP contribution in [0.15, 0.2) is 24.3 Å². The van der Waals surface area contributed by atoms with Crippen molar-refractivity contribution in [3.8, 4) is 0 Å². The average molecular weight is 364 g/mol. The first-order valence-electron chi connectivity index (χ1n) is 9.08. The minimum atomic E-state index is -0.991. The maximum atomic E-state index is 12.3. The number of hydrogen-bond acceptors (Lipinski definition) is 5. The Hall–Kier alpha value is -1.83. The van der Waals surface area contributed by atoms with Crippen molar-refractivity contribution in [3.63, 3.8) is 0 Å². The van der Waals surface area contributed by atoms with Crippen LogP contribution < -0.4 is 15.5 Å². The number of carbonyl (C=O) groups excluding carboxylic acids is 1. The molecule has 7 heteroatoms. The first-order valence-corrected chi connectivity index (χ1v) is 9.08. The summed E-state index contributed by atoms with van der Waals surface area (Å²) in [7, 11) is 3.77. The molecular formula is C19H32N4O3. The molecule has 1 saturated heterocycles. The van der Waals surface area contributed by atoms with E-state index in [-0.39, 0.29) is 24.8 Å². The second-order valence-electron chi connectivity index (χ2n) is 7.72. The Balaban J connectivity index is 2.00. The summed E-state index contributed by atoms with van der Waals surface area (Å²) in [6.07, 6.45) is 0.281. The van der Waals surface area contributed by atoms with E-state index in [1.165, 1.54) is 0 Å². The van der Waals surface area contributed by atoms with Crippen LogP contribution in [0.5, 0.6) is 0 Å². The van der Waals surface area contributed by atoms with E-state index in [2.05, 4.69) is 29.4 Å². The highest BCUT2D eigenvalue weighted by molar-refractivity contribution is 5.93.